The van der Waals surface area contributed by atoms with Crippen molar-refractivity contribution in [3.05, 3.63) is 23.7 Å². The van der Waals surface area contributed by atoms with Gasteiger partial charge in [0.1, 0.15) is 5.76 Å². The van der Waals surface area contributed by atoms with E-state index in [4.69, 9.17) is 4.42 Å². The van der Waals surface area contributed by atoms with E-state index >= 15 is 0 Å². The van der Waals surface area contributed by atoms with Crippen molar-refractivity contribution in [2.24, 2.45) is 11.8 Å². The Kier molecular flexibility index (Phi) is 3.35. The number of carbonyl (C=O) groups is 1. The Labute approximate surface area is 114 Å². The molecule has 2 fully saturated rings. The maximum absolute atomic E-state index is 12.6. The van der Waals surface area contributed by atoms with E-state index in [-0.39, 0.29) is 11.9 Å². The lowest BCUT2D eigenvalue weighted by atomic mass is 9.93. The average molecular weight is 262 g/mol. The summed E-state index contributed by atoms with van der Waals surface area (Å²) in [4.78, 5) is 14.4. The third-order valence-electron chi connectivity index (χ3n) is 4.76. The molecule has 4 heteroatoms. The summed E-state index contributed by atoms with van der Waals surface area (Å²) in [5.41, 5.74) is 1.09. The quantitative estimate of drug-likeness (QED) is 0.905. The molecule has 3 atom stereocenters. The van der Waals surface area contributed by atoms with Crippen LogP contribution >= 0.6 is 0 Å². The van der Waals surface area contributed by atoms with Gasteiger partial charge in [-0.1, -0.05) is 6.42 Å². The second-order valence-corrected chi connectivity index (χ2v) is 5.94. The van der Waals surface area contributed by atoms with Gasteiger partial charge in [0, 0.05) is 19.2 Å². The van der Waals surface area contributed by atoms with Gasteiger partial charge in [0.2, 0.25) is 5.91 Å². The standard InChI is InChI=1S/C15H22N2O2/c1-10-12(6-7-19-10)9-17(2)15(18)14-13-5-3-4-11(13)8-16-14/h6-7,11,13-14,16H,3-5,8-9H2,1-2H3. The van der Waals surface area contributed by atoms with Gasteiger partial charge in [-0.05, 0) is 44.2 Å². The van der Waals surface area contributed by atoms with Crippen LogP contribution in [0.15, 0.2) is 16.7 Å². The van der Waals surface area contributed by atoms with Gasteiger partial charge in [0.25, 0.3) is 0 Å². The molecule has 1 aliphatic carbocycles. The van der Waals surface area contributed by atoms with E-state index in [1.54, 1.807) is 6.26 Å². The Hall–Kier alpha value is -1.29. The van der Waals surface area contributed by atoms with Crippen molar-refractivity contribution in [2.45, 2.75) is 38.8 Å². The Balaban J connectivity index is 1.65. The maximum Gasteiger partial charge on any atom is 0.240 e. The van der Waals surface area contributed by atoms with Crippen LogP contribution in [0.4, 0.5) is 0 Å². The number of fused-ring (bicyclic) bond motifs is 1. The minimum absolute atomic E-state index is 0.0321. The summed E-state index contributed by atoms with van der Waals surface area (Å²) >= 11 is 0. The topological polar surface area (TPSA) is 45.5 Å². The molecule has 0 spiro atoms. The molecule has 104 valence electrons. The highest BCUT2D eigenvalue weighted by Gasteiger charge is 2.43. The van der Waals surface area contributed by atoms with Gasteiger partial charge in [0.05, 0.1) is 12.3 Å². The summed E-state index contributed by atoms with van der Waals surface area (Å²) in [5.74, 6) is 2.41. The van der Waals surface area contributed by atoms with Gasteiger partial charge in [-0.15, -0.1) is 0 Å². The van der Waals surface area contributed by atoms with Crippen molar-refractivity contribution < 1.29 is 9.21 Å². The molecule has 1 saturated carbocycles. The first-order chi connectivity index (χ1) is 9.16. The zero-order chi connectivity index (χ0) is 13.4. The average Bonchev–Trinajstić information content (AvgIpc) is 3.05. The molecule has 0 bridgehead atoms. The summed E-state index contributed by atoms with van der Waals surface area (Å²) in [6.07, 6.45) is 5.45. The van der Waals surface area contributed by atoms with Crippen LogP contribution in [-0.4, -0.2) is 30.4 Å². The van der Waals surface area contributed by atoms with Crippen molar-refractivity contribution in [2.75, 3.05) is 13.6 Å². The zero-order valence-corrected chi connectivity index (χ0v) is 11.7. The molecule has 0 radical (unpaired) electrons. The van der Waals surface area contributed by atoms with E-state index in [0.29, 0.717) is 12.5 Å². The summed E-state index contributed by atoms with van der Waals surface area (Å²) in [5, 5.41) is 3.42. The van der Waals surface area contributed by atoms with Gasteiger partial charge in [0.15, 0.2) is 0 Å². The lowest BCUT2D eigenvalue weighted by molar-refractivity contribution is -0.133. The number of rotatable bonds is 3. The Bertz CT molecular complexity index is 468. The minimum atomic E-state index is 0.0321. The number of nitrogens with one attached hydrogen (secondary N) is 1. The number of nitrogens with zero attached hydrogens (tertiary/aromatic N) is 1. The summed E-state index contributed by atoms with van der Waals surface area (Å²) < 4.78 is 5.29. The van der Waals surface area contributed by atoms with Gasteiger partial charge in [-0.2, -0.15) is 0 Å². The zero-order valence-electron chi connectivity index (χ0n) is 11.7. The Morgan fingerprint density at radius 1 is 1.53 bits per heavy atom. The van der Waals surface area contributed by atoms with Crippen LogP contribution in [0, 0.1) is 18.8 Å². The Morgan fingerprint density at radius 2 is 2.37 bits per heavy atom. The maximum atomic E-state index is 12.6. The molecular formula is C15H22N2O2. The summed E-state index contributed by atoms with van der Waals surface area (Å²) in [7, 11) is 1.89. The van der Waals surface area contributed by atoms with Crippen molar-refractivity contribution in [3.8, 4) is 0 Å². The van der Waals surface area contributed by atoms with Crippen molar-refractivity contribution in [1.29, 1.82) is 0 Å². The Morgan fingerprint density at radius 3 is 3.11 bits per heavy atom. The first-order valence-electron chi connectivity index (χ1n) is 7.18. The van der Waals surface area contributed by atoms with Crippen LogP contribution in [0.5, 0.6) is 0 Å². The molecule has 1 aromatic heterocycles. The predicted octanol–water partition coefficient (Wildman–Crippen LogP) is 1.93. The van der Waals surface area contributed by atoms with Crippen LogP contribution in [-0.2, 0) is 11.3 Å². The number of hydrogen-bond acceptors (Lipinski definition) is 3. The highest BCUT2D eigenvalue weighted by molar-refractivity contribution is 5.82. The molecule has 3 unspecified atom stereocenters. The molecule has 0 aromatic carbocycles. The smallest absolute Gasteiger partial charge is 0.240 e. The summed E-state index contributed by atoms with van der Waals surface area (Å²) in [6, 6.07) is 1.98. The number of aryl methyl sites for hydroxylation is 1. The molecule has 1 aliphatic heterocycles. The normalized spacial score (nSPS) is 29.5. The highest BCUT2D eigenvalue weighted by atomic mass is 16.3. The van der Waals surface area contributed by atoms with E-state index in [2.05, 4.69) is 5.32 Å². The van der Waals surface area contributed by atoms with Crippen LogP contribution in [0.1, 0.15) is 30.6 Å². The van der Waals surface area contributed by atoms with Crippen LogP contribution in [0.3, 0.4) is 0 Å². The first kappa shape index (κ1) is 12.7. The van der Waals surface area contributed by atoms with Crippen molar-refractivity contribution >= 4 is 5.91 Å². The second kappa shape index (κ2) is 5.00. The lowest BCUT2D eigenvalue weighted by Crippen LogP contribution is -2.44. The molecule has 1 saturated heterocycles. The fraction of sp³-hybridized carbons (Fsp3) is 0.667. The third kappa shape index (κ3) is 2.29. The van der Waals surface area contributed by atoms with Crippen molar-refractivity contribution in [1.82, 2.24) is 10.2 Å². The summed E-state index contributed by atoms with van der Waals surface area (Å²) in [6.45, 7) is 3.59. The lowest BCUT2D eigenvalue weighted by Gasteiger charge is -2.24. The fourth-order valence-corrected chi connectivity index (χ4v) is 3.60. The third-order valence-corrected chi connectivity index (χ3v) is 4.76. The van der Waals surface area contributed by atoms with E-state index in [1.807, 2.05) is 24.9 Å². The number of furan rings is 1. The van der Waals surface area contributed by atoms with Crippen LogP contribution in [0.2, 0.25) is 0 Å². The molecule has 1 N–H and O–H groups in total. The fourth-order valence-electron chi connectivity index (χ4n) is 3.60. The predicted molar refractivity (Wildman–Crippen MR) is 72.5 cm³/mol. The van der Waals surface area contributed by atoms with Gasteiger partial charge >= 0.3 is 0 Å². The largest absolute Gasteiger partial charge is 0.469 e. The van der Waals surface area contributed by atoms with E-state index < -0.39 is 0 Å². The number of likely N-dealkylation sites (N-methyl/N-ethyl adjacent to an activating group) is 1. The molecule has 2 aliphatic rings. The van der Waals surface area contributed by atoms with E-state index in [9.17, 15) is 4.79 Å². The highest BCUT2D eigenvalue weighted by Crippen LogP contribution is 2.38. The van der Waals surface area contributed by atoms with E-state index in [0.717, 1.165) is 23.8 Å². The van der Waals surface area contributed by atoms with Crippen LogP contribution in [0.25, 0.3) is 0 Å². The molecule has 3 rings (SSSR count). The molecule has 2 heterocycles. The van der Waals surface area contributed by atoms with Gasteiger partial charge < -0.3 is 14.6 Å². The SMILES string of the molecule is Cc1occc1CN(C)C(=O)C1NCC2CCCC21. The first-order valence-corrected chi connectivity index (χ1v) is 7.18. The van der Waals surface area contributed by atoms with Gasteiger partial charge in [-0.3, -0.25) is 4.79 Å². The monoisotopic (exact) mass is 262 g/mol. The van der Waals surface area contributed by atoms with Crippen molar-refractivity contribution in [3.63, 3.8) is 0 Å². The minimum Gasteiger partial charge on any atom is -0.469 e. The number of carbonyl (C=O) groups excluding carboxylic acids is 1. The molecule has 19 heavy (non-hydrogen) atoms. The van der Waals surface area contributed by atoms with Gasteiger partial charge in [-0.25, -0.2) is 0 Å². The molecular weight excluding hydrogens is 240 g/mol. The molecule has 1 aromatic rings. The number of hydrogen-bond donors (Lipinski definition) is 1. The molecule has 4 nitrogen and oxygen atoms in total. The second-order valence-electron chi connectivity index (χ2n) is 5.94. The number of amides is 1. The molecule has 1 amide bonds. The van der Waals surface area contributed by atoms with Crippen LogP contribution < -0.4 is 5.32 Å². The van der Waals surface area contributed by atoms with E-state index in [1.165, 1.54) is 19.3 Å².